The smallest absolute Gasteiger partial charge is 0.160 e. The van der Waals surface area contributed by atoms with Crippen molar-refractivity contribution in [2.24, 2.45) is 28.1 Å². The minimum absolute atomic E-state index is 0.0648. The number of allylic oxidation sites excluding steroid dienone is 4. The third-order valence-corrected chi connectivity index (χ3v) is 7.22. The van der Waals surface area contributed by atoms with Crippen molar-refractivity contribution in [1.29, 1.82) is 0 Å². The van der Waals surface area contributed by atoms with Gasteiger partial charge in [0.1, 0.15) is 0 Å². The van der Waals surface area contributed by atoms with Crippen LogP contribution >= 0.6 is 0 Å². The van der Waals surface area contributed by atoms with E-state index in [4.69, 9.17) is 0 Å². The molecule has 3 aliphatic rings. The molecular weight excluding hydrogens is 292 g/mol. The fourth-order valence-corrected chi connectivity index (χ4v) is 6.27. The summed E-state index contributed by atoms with van der Waals surface area (Å²) in [6.45, 7) is 9.42. The van der Waals surface area contributed by atoms with E-state index < -0.39 is 0 Å². The van der Waals surface area contributed by atoms with Crippen molar-refractivity contribution in [2.45, 2.75) is 47.0 Å². The summed E-state index contributed by atoms with van der Waals surface area (Å²) in [6.07, 6.45) is 10.4. The van der Waals surface area contributed by atoms with E-state index in [0.717, 1.165) is 6.42 Å². The zero-order valence-corrected chi connectivity index (χ0v) is 15.3. The van der Waals surface area contributed by atoms with Gasteiger partial charge in [-0.15, -0.1) is 0 Å². The molecule has 1 aromatic rings. The Morgan fingerprint density at radius 2 is 1.71 bits per heavy atom. The molecule has 0 bridgehead atoms. The first-order valence-electron chi connectivity index (χ1n) is 9.30. The number of carbonyl (C=O) groups is 1. The molecule has 24 heavy (non-hydrogen) atoms. The SMILES string of the molecule is CC1(C)CCC[C@]2(C)[C@@H]1C=C[C@]1(C)C(c3ccccc3)=CC(=O)[C@H]21. The van der Waals surface area contributed by atoms with Crippen LogP contribution in [-0.4, -0.2) is 5.78 Å². The Labute approximate surface area is 145 Å². The van der Waals surface area contributed by atoms with Crippen LogP contribution in [0.5, 0.6) is 0 Å². The van der Waals surface area contributed by atoms with Gasteiger partial charge in [-0.25, -0.2) is 0 Å². The zero-order chi connectivity index (χ0) is 17.2. The van der Waals surface area contributed by atoms with Crippen LogP contribution in [0.3, 0.4) is 0 Å². The number of benzene rings is 1. The maximum Gasteiger partial charge on any atom is 0.160 e. The van der Waals surface area contributed by atoms with E-state index in [2.05, 4.69) is 64.1 Å². The number of ketones is 1. The predicted octanol–water partition coefficient (Wildman–Crippen LogP) is 5.68. The molecule has 0 aliphatic heterocycles. The first-order chi connectivity index (χ1) is 11.3. The second kappa shape index (κ2) is 4.94. The van der Waals surface area contributed by atoms with Crippen molar-refractivity contribution in [2.75, 3.05) is 0 Å². The van der Waals surface area contributed by atoms with Crippen LogP contribution in [0.2, 0.25) is 0 Å². The Morgan fingerprint density at radius 1 is 1.00 bits per heavy atom. The summed E-state index contributed by atoms with van der Waals surface area (Å²) in [4.78, 5) is 13.2. The molecule has 4 atom stereocenters. The normalized spacial score (nSPS) is 40.0. The van der Waals surface area contributed by atoms with Crippen molar-refractivity contribution in [3.05, 3.63) is 54.1 Å². The van der Waals surface area contributed by atoms with Crippen molar-refractivity contribution in [3.63, 3.8) is 0 Å². The Bertz CT molecular complexity index is 739. The van der Waals surface area contributed by atoms with Crippen LogP contribution in [-0.2, 0) is 4.79 Å². The highest BCUT2D eigenvalue weighted by Crippen LogP contribution is 2.66. The van der Waals surface area contributed by atoms with Gasteiger partial charge in [0, 0.05) is 11.3 Å². The monoisotopic (exact) mass is 320 g/mol. The molecule has 0 unspecified atom stereocenters. The average Bonchev–Trinajstić information content (AvgIpc) is 2.79. The number of rotatable bonds is 1. The molecule has 1 aromatic carbocycles. The molecule has 0 N–H and O–H groups in total. The molecule has 0 aromatic heterocycles. The van der Waals surface area contributed by atoms with Gasteiger partial charge in [-0.05, 0) is 46.8 Å². The lowest BCUT2D eigenvalue weighted by molar-refractivity contribution is -0.130. The van der Waals surface area contributed by atoms with E-state index in [0.29, 0.717) is 11.7 Å². The van der Waals surface area contributed by atoms with Gasteiger partial charge in [-0.1, -0.05) is 76.6 Å². The minimum Gasteiger partial charge on any atom is -0.294 e. The zero-order valence-electron chi connectivity index (χ0n) is 15.3. The molecule has 1 heteroatoms. The molecule has 126 valence electrons. The van der Waals surface area contributed by atoms with Gasteiger partial charge in [0.15, 0.2) is 5.78 Å². The van der Waals surface area contributed by atoms with Gasteiger partial charge in [-0.2, -0.15) is 0 Å². The van der Waals surface area contributed by atoms with Crippen LogP contribution in [0.4, 0.5) is 0 Å². The molecule has 0 saturated heterocycles. The van der Waals surface area contributed by atoms with Crippen LogP contribution in [0, 0.1) is 28.1 Å². The van der Waals surface area contributed by atoms with E-state index >= 15 is 0 Å². The number of carbonyl (C=O) groups excluding carboxylic acids is 1. The van der Waals surface area contributed by atoms with E-state index in [9.17, 15) is 4.79 Å². The van der Waals surface area contributed by atoms with Crippen molar-refractivity contribution >= 4 is 11.4 Å². The molecule has 3 aliphatic carbocycles. The van der Waals surface area contributed by atoms with Gasteiger partial charge in [0.05, 0.1) is 0 Å². The fourth-order valence-electron chi connectivity index (χ4n) is 6.27. The van der Waals surface area contributed by atoms with E-state index in [1.807, 2.05) is 12.1 Å². The molecule has 0 radical (unpaired) electrons. The maximum atomic E-state index is 13.2. The van der Waals surface area contributed by atoms with Gasteiger partial charge in [0.25, 0.3) is 0 Å². The summed E-state index contributed by atoms with van der Waals surface area (Å²) in [5.74, 6) is 0.907. The second-order valence-electron chi connectivity index (χ2n) is 9.23. The molecule has 0 heterocycles. The highest BCUT2D eigenvalue weighted by atomic mass is 16.1. The summed E-state index contributed by atoms with van der Waals surface area (Å²) in [7, 11) is 0. The summed E-state index contributed by atoms with van der Waals surface area (Å²) >= 11 is 0. The first kappa shape index (κ1) is 15.9. The molecule has 1 fully saturated rings. The molecule has 0 amide bonds. The highest BCUT2D eigenvalue weighted by molar-refractivity contribution is 6.07. The van der Waals surface area contributed by atoms with Crippen LogP contribution < -0.4 is 0 Å². The van der Waals surface area contributed by atoms with Crippen LogP contribution in [0.15, 0.2) is 48.6 Å². The Balaban J connectivity index is 1.86. The summed E-state index contributed by atoms with van der Waals surface area (Å²) in [5.41, 5.74) is 2.57. The molecular formula is C23H28O. The van der Waals surface area contributed by atoms with E-state index in [-0.39, 0.29) is 22.2 Å². The quantitative estimate of drug-likeness (QED) is 0.609. The molecule has 4 rings (SSSR count). The lowest BCUT2D eigenvalue weighted by Gasteiger charge is -2.58. The molecule has 1 saturated carbocycles. The largest absolute Gasteiger partial charge is 0.294 e. The van der Waals surface area contributed by atoms with Gasteiger partial charge in [0.2, 0.25) is 0 Å². The molecule has 0 spiro atoms. The van der Waals surface area contributed by atoms with Crippen LogP contribution in [0.1, 0.15) is 52.5 Å². The summed E-state index contributed by atoms with van der Waals surface area (Å²) < 4.78 is 0. The Hall–Kier alpha value is -1.63. The van der Waals surface area contributed by atoms with Gasteiger partial charge < -0.3 is 0 Å². The molecule has 1 nitrogen and oxygen atoms in total. The number of hydrogen-bond acceptors (Lipinski definition) is 1. The standard InChI is InChI=1S/C23H28O/c1-21(2)12-8-13-23(4)19(21)11-14-22(3)17(15-18(24)20(22)23)16-9-6-5-7-10-16/h5-7,9-11,14-15,19-20H,8,12-13H2,1-4H3/t19-,20+,22-,23-/m1/s1. The minimum atomic E-state index is -0.170. The van der Waals surface area contributed by atoms with Crippen LogP contribution in [0.25, 0.3) is 5.57 Å². The van der Waals surface area contributed by atoms with E-state index in [1.165, 1.54) is 24.0 Å². The number of hydrogen-bond donors (Lipinski definition) is 0. The summed E-state index contributed by atoms with van der Waals surface area (Å²) in [6, 6.07) is 10.5. The summed E-state index contributed by atoms with van der Waals surface area (Å²) in [5, 5.41) is 0. The van der Waals surface area contributed by atoms with Crippen molar-refractivity contribution in [1.82, 2.24) is 0 Å². The first-order valence-corrected chi connectivity index (χ1v) is 9.30. The Kier molecular flexibility index (Phi) is 3.27. The van der Waals surface area contributed by atoms with Gasteiger partial charge >= 0.3 is 0 Å². The third-order valence-electron chi connectivity index (χ3n) is 7.22. The Morgan fingerprint density at radius 3 is 2.42 bits per heavy atom. The lowest BCUT2D eigenvalue weighted by Crippen LogP contribution is -2.53. The van der Waals surface area contributed by atoms with E-state index in [1.54, 1.807) is 0 Å². The second-order valence-corrected chi connectivity index (χ2v) is 9.23. The fraction of sp³-hybridized carbons (Fsp3) is 0.522. The topological polar surface area (TPSA) is 17.1 Å². The number of fused-ring (bicyclic) bond motifs is 3. The average molecular weight is 320 g/mol. The highest BCUT2D eigenvalue weighted by Gasteiger charge is 2.61. The third kappa shape index (κ3) is 1.96. The van der Waals surface area contributed by atoms with Crippen molar-refractivity contribution in [3.8, 4) is 0 Å². The lowest BCUT2D eigenvalue weighted by atomic mass is 9.45. The van der Waals surface area contributed by atoms with Gasteiger partial charge in [-0.3, -0.25) is 4.79 Å². The van der Waals surface area contributed by atoms with Crippen molar-refractivity contribution < 1.29 is 4.79 Å². The maximum absolute atomic E-state index is 13.2. The predicted molar refractivity (Wildman–Crippen MR) is 99.4 cm³/mol.